The molecule has 1 N–H and O–H groups in total. The van der Waals surface area contributed by atoms with Crippen LogP contribution in [0.2, 0.25) is 5.02 Å². The van der Waals surface area contributed by atoms with Crippen molar-refractivity contribution >= 4 is 41.0 Å². The van der Waals surface area contributed by atoms with E-state index in [9.17, 15) is 4.79 Å². The van der Waals surface area contributed by atoms with Gasteiger partial charge in [0.1, 0.15) is 17.1 Å². The van der Waals surface area contributed by atoms with Gasteiger partial charge in [-0.15, -0.1) is 11.8 Å². The summed E-state index contributed by atoms with van der Waals surface area (Å²) in [6.07, 6.45) is 0.847. The number of hydrogen-bond acceptors (Lipinski definition) is 8. The van der Waals surface area contributed by atoms with Crippen LogP contribution in [0.5, 0.6) is 5.75 Å². The summed E-state index contributed by atoms with van der Waals surface area (Å²) in [5.41, 5.74) is 6.34. The van der Waals surface area contributed by atoms with Crippen molar-refractivity contribution in [2.45, 2.75) is 44.1 Å². The van der Waals surface area contributed by atoms with Gasteiger partial charge < -0.3 is 9.84 Å². The number of aliphatic hydroxyl groups excluding tert-OH is 1. The molecular weight excluding hydrogens is 516 g/mol. The molecule has 0 atom stereocenters. The highest BCUT2D eigenvalue weighted by molar-refractivity contribution is 8.01. The van der Waals surface area contributed by atoms with E-state index in [0.29, 0.717) is 26.8 Å². The van der Waals surface area contributed by atoms with E-state index in [0.717, 1.165) is 57.1 Å². The molecule has 0 saturated heterocycles. The number of methoxy groups -OCH3 is 1. The Morgan fingerprint density at radius 1 is 1.11 bits per heavy atom. The molecule has 0 saturated carbocycles. The highest BCUT2D eigenvalue weighted by Crippen LogP contribution is 2.43. The summed E-state index contributed by atoms with van der Waals surface area (Å²) in [6.45, 7) is 10.1. The minimum absolute atomic E-state index is 0.341. The first kappa shape index (κ1) is 27.9. The molecule has 4 rings (SSSR count). The average molecular weight is 545 g/mol. The third-order valence-corrected chi connectivity index (χ3v) is 7.58. The zero-order valence-corrected chi connectivity index (χ0v) is 23.7. The standard InChI is InChI=1S/C25H25ClN4O2S2.CH4O/c1-13(2)33-24-23(19-8-7-18(26)11-21(19)32-6)28-25(34-24)30-20(12-31)22(16(5)29-30)17-9-14(3)27-15(4)10-17;1-2/h7-13H,1-6H3;2H,1H3. The molecule has 10 heteroatoms. The summed E-state index contributed by atoms with van der Waals surface area (Å²) < 4.78 is 8.25. The van der Waals surface area contributed by atoms with Crippen molar-refractivity contribution in [3.05, 3.63) is 58.1 Å². The van der Waals surface area contributed by atoms with Crippen LogP contribution in [0.25, 0.3) is 27.5 Å². The normalized spacial score (nSPS) is 10.8. The van der Waals surface area contributed by atoms with Gasteiger partial charge in [0.15, 0.2) is 6.29 Å². The monoisotopic (exact) mass is 544 g/mol. The molecule has 0 spiro atoms. The summed E-state index contributed by atoms with van der Waals surface area (Å²) in [7, 11) is 2.62. The Labute approximate surface area is 224 Å². The fourth-order valence-electron chi connectivity index (χ4n) is 3.85. The number of nitrogens with zero attached hydrogens (tertiary/aromatic N) is 4. The van der Waals surface area contributed by atoms with Crippen LogP contribution in [0.3, 0.4) is 0 Å². The first-order valence-electron chi connectivity index (χ1n) is 11.2. The number of aryl methyl sites for hydroxylation is 3. The summed E-state index contributed by atoms with van der Waals surface area (Å²) in [5.74, 6) is 0.644. The maximum absolute atomic E-state index is 12.3. The fourth-order valence-corrected chi connectivity index (χ4v) is 6.48. The number of pyridine rings is 1. The molecule has 0 aliphatic heterocycles. The molecule has 3 aromatic heterocycles. The maximum Gasteiger partial charge on any atom is 0.212 e. The number of carbonyl (C=O) groups is 1. The number of carbonyl (C=O) groups excluding carboxylic acids is 1. The third kappa shape index (κ3) is 5.81. The van der Waals surface area contributed by atoms with Crippen molar-refractivity contribution in [1.29, 1.82) is 0 Å². The molecule has 0 amide bonds. The molecule has 7 nitrogen and oxygen atoms in total. The predicted octanol–water partition coefficient (Wildman–Crippen LogP) is 6.57. The highest BCUT2D eigenvalue weighted by Gasteiger charge is 2.24. The molecule has 0 unspecified atom stereocenters. The van der Waals surface area contributed by atoms with Crippen molar-refractivity contribution in [2.75, 3.05) is 14.2 Å². The summed E-state index contributed by atoms with van der Waals surface area (Å²) in [5, 5.41) is 13.3. The first-order valence-corrected chi connectivity index (χ1v) is 13.3. The SMILES string of the molecule is CO.COc1cc(Cl)ccc1-c1nc(-n2nc(C)c(-c3cc(C)nc(C)c3)c2C=O)sc1SC(C)C. The molecule has 0 aliphatic rings. The van der Waals surface area contributed by atoms with Crippen LogP contribution >= 0.6 is 34.7 Å². The molecule has 36 heavy (non-hydrogen) atoms. The second kappa shape index (κ2) is 12.0. The molecule has 0 fully saturated rings. The van der Waals surface area contributed by atoms with Crippen molar-refractivity contribution < 1.29 is 14.6 Å². The molecule has 0 radical (unpaired) electrons. The zero-order chi connectivity index (χ0) is 26.6. The Morgan fingerprint density at radius 2 is 1.78 bits per heavy atom. The van der Waals surface area contributed by atoms with Crippen LogP contribution in [0, 0.1) is 20.8 Å². The highest BCUT2D eigenvalue weighted by atomic mass is 35.5. The first-order chi connectivity index (χ1) is 17.2. The number of benzene rings is 1. The zero-order valence-electron chi connectivity index (χ0n) is 21.3. The third-order valence-electron chi connectivity index (χ3n) is 5.11. The van der Waals surface area contributed by atoms with E-state index in [-0.39, 0.29) is 0 Å². The van der Waals surface area contributed by atoms with Gasteiger partial charge in [-0.2, -0.15) is 5.10 Å². The number of aliphatic hydroxyl groups is 1. The van der Waals surface area contributed by atoms with Gasteiger partial charge in [0.05, 0.1) is 17.0 Å². The Bertz CT molecular complexity index is 1360. The van der Waals surface area contributed by atoms with E-state index >= 15 is 0 Å². The van der Waals surface area contributed by atoms with Gasteiger partial charge in [-0.3, -0.25) is 9.78 Å². The largest absolute Gasteiger partial charge is 0.496 e. The number of thiazole rings is 1. The van der Waals surface area contributed by atoms with Gasteiger partial charge in [0, 0.05) is 39.9 Å². The second-order valence-electron chi connectivity index (χ2n) is 8.16. The van der Waals surface area contributed by atoms with Crippen LogP contribution in [0.4, 0.5) is 0 Å². The lowest BCUT2D eigenvalue weighted by Gasteiger charge is -2.09. The fraction of sp³-hybridized carbons (Fsp3) is 0.308. The van der Waals surface area contributed by atoms with Crippen LogP contribution in [-0.2, 0) is 0 Å². The van der Waals surface area contributed by atoms with Gasteiger partial charge in [-0.1, -0.05) is 36.8 Å². The maximum atomic E-state index is 12.3. The average Bonchev–Trinajstić information content (AvgIpc) is 3.39. The predicted molar refractivity (Wildman–Crippen MR) is 148 cm³/mol. The molecule has 3 heterocycles. The van der Waals surface area contributed by atoms with Crippen molar-refractivity contribution in [1.82, 2.24) is 19.7 Å². The van der Waals surface area contributed by atoms with Crippen LogP contribution in [-0.4, -0.2) is 50.6 Å². The van der Waals surface area contributed by atoms with E-state index in [4.69, 9.17) is 31.5 Å². The molecule has 1 aromatic carbocycles. The Hall–Kier alpha value is -2.72. The summed E-state index contributed by atoms with van der Waals surface area (Å²) in [4.78, 5) is 21.7. The Kier molecular flexibility index (Phi) is 9.30. The van der Waals surface area contributed by atoms with Crippen LogP contribution in [0.15, 0.2) is 34.5 Å². The van der Waals surface area contributed by atoms with Crippen molar-refractivity contribution in [3.63, 3.8) is 0 Å². The molecule has 190 valence electrons. The lowest BCUT2D eigenvalue weighted by atomic mass is 10.0. The molecule has 0 aliphatic carbocycles. The molecule has 4 aromatic rings. The lowest BCUT2D eigenvalue weighted by Crippen LogP contribution is -2.02. The van der Waals surface area contributed by atoms with Gasteiger partial charge in [0.2, 0.25) is 5.13 Å². The van der Waals surface area contributed by atoms with E-state index in [2.05, 4.69) is 18.8 Å². The Balaban J connectivity index is 0.00000176. The topological polar surface area (TPSA) is 90.1 Å². The Morgan fingerprint density at radius 3 is 2.36 bits per heavy atom. The molecular formula is C26H29ClN4O3S2. The summed E-state index contributed by atoms with van der Waals surface area (Å²) in [6, 6.07) is 9.46. The van der Waals surface area contributed by atoms with E-state index in [1.165, 1.54) is 11.3 Å². The smallest absolute Gasteiger partial charge is 0.212 e. The number of aldehydes is 1. The number of ether oxygens (including phenoxy) is 1. The minimum Gasteiger partial charge on any atom is -0.496 e. The van der Waals surface area contributed by atoms with E-state index < -0.39 is 0 Å². The number of thioether (sulfide) groups is 1. The van der Waals surface area contributed by atoms with Crippen molar-refractivity contribution in [2.24, 2.45) is 0 Å². The van der Waals surface area contributed by atoms with Crippen LogP contribution < -0.4 is 4.74 Å². The van der Waals surface area contributed by atoms with Gasteiger partial charge in [-0.05, 0) is 56.7 Å². The van der Waals surface area contributed by atoms with Gasteiger partial charge >= 0.3 is 0 Å². The minimum atomic E-state index is 0.341. The number of aromatic nitrogens is 4. The number of hydrogen-bond donors (Lipinski definition) is 1. The second-order valence-corrected chi connectivity index (χ2v) is 11.4. The quantitative estimate of drug-likeness (QED) is 0.208. The van der Waals surface area contributed by atoms with E-state index in [1.54, 1.807) is 29.6 Å². The molecule has 0 bridgehead atoms. The number of rotatable bonds is 7. The summed E-state index contributed by atoms with van der Waals surface area (Å²) >= 11 is 9.41. The van der Waals surface area contributed by atoms with E-state index in [1.807, 2.05) is 45.0 Å². The number of halogens is 1. The van der Waals surface area contributed by atoms with Crippen LogP contribution in [0.1, 0.15) is 41.4 Å². The van der Waals surface area contributed by atoms with Gasteiger partial charge in [-0.25, -0.2) is 9.67 Å². The van der Waals surface area contributed by atoms with Gasteiger partial charge in [0.25, 0.3) is 0 Å². The lowest BCUT2D eigenvalue weighted by molar-refractivity contribution is 0.111. The van der Waals surface area contributed by atoms with Crippen molar-refractivity contribution in [3.8, 4) is 33.3 Å².